The van der Waals surface area contributed by atoms with E-state index in [0.29, 0.717) is 11.3 Å². The lowest BCUT2D eigenvalue weighted by Gasteiger charge is -2.28. The Morgan fingerprint density at radius 1 is 1.08 bits per heavy atom. The number of methoxy groups -OCH3 is 1. The van der Waals surface area contributed by atoms with Gasteiger partial charge in [0.25, 0.3) is 5.91 Å². The third-order valence-electron chi connectivity index (χ3n) is 6.83. The number of aromatic nitrogens is 2. The molecule has 1 saturated carbocycles. The number of hydrogen-bond donors (Lipinski definition) is 3. The van der Waals surface area contributed by atoms with E-state index in [1.807, 2.05) is 18.3 Å². The van der Waals surface area contributed by atoms with E-state index in [4.69, 9.17) is 19.7 Å². The van der Waals surface area contributed by atoms with Crippen LogP contribution in [0.25, 0.3) is 5.52 Å². The zero-order chi connectivity index (χ0) is 25.7. The average Bonchev–Trinajstić information content (AvgIpc) is 3.51. The minimum Gasteiger partial charge on any atom is -0.496 e. The first-order chi connectivity index (χ1) is 17.4. The van der Waals surface area contributed by atoms with Gasteiger partial charge >= 0.3 is 6.16 Å². The fraction of sp³-hybridized carbons (Fsp3) is 0.423. The van der Waals surface area contributed by atoms with Gasteiger partial charge in [0.2, 0.25) is 0 Å². The summed E-state index contributed by atoms with van der Waals surface area (Å²) in [7, 11) is 1.62. The van der Waals surface area contributed by atoms with E-state index in [2.05, 4.69) is 15.3 Å². The van der Waals surface area contributed by atoms with Crippen LogP contribution in [0.1, 0.15) is 66.9 Å². The van der Waals surface area contributed by atoms with Crippen molar-refractivity contribution in [3.8, 4) is 5.75 Å². The summed E-state index contributed by atoms with van der Waals surface area (Å²) in [5, 5.41) is 21.5. The van der Waals surface area contributed by atoms with Crippen molar-refractivity contribution in [3.05, 3.63) is 59.7 Å². The van der Waals surface area contributed by atoms with Gasteiger partial charge in [-0.3, -0.25) is 4.79 Å². The van der Waals surface area contributed by atoms with Gasteiger partial charge in [0.15, 0.2) is 0 Å². The summed E-state index contributed by atoms with van der Waals surface area (Å²) in [5.41, 5.74) is 3.23. The van der Waals surface area contributed by atoms with Gasteiger partial charge in [-0.1, -0.05) is 19.3 Å². The number of halogens is 1. The van der Waals surface area contributed by atoms with Crippen molar-refractivity contribution in [1.29, 1.82) is 0 Å². The number of carbonyl (C=O) groups excluding carboxylic acids is 1. The standard InChI is InChI=1S/C25H29FN4O2.CH2O3/c1-32-24-10-9-17(26)14-20(24)22-8-5-12-29(22)19-11-13-30-23(15-19)21(16-27-30)25(31)28-18-6-3-2-4-7-18;2-1(3)4/h9-11,13-16,18,22H,2-8,12H2,1H3,(H,28,31);(H2,2,3,4)/t22-;/m1./s1. The molecule has 0 radical (unpaired) electrons. The third-order valence-corrected chi connectivity index (χ3v) is 6.83. The first kappa shape index (κ1) is 25.3. The summed E-state index contributed by atoms with van der Waals surface area (Å²) in [4.78, 5) is 23.8. The van der Waals surface area contributed by atoms with E-state index in [1.165, 1.54) is 25.3 Å². The molecule has 2 aliphatic rings. The molecule has 9 nitrogen and oxygen atoms in total. The van der Waals surface area contributed by atoms with Gasteiger partial charge in [-0.25, -0.2) is 13.7 Å². The molecule has 3 N–H and O–H groups in total. The Balaban J connectivity index is 0.000000709. The van der Waals surface area contributed by atoms with Crippen LogP contribution in [0, 0.1) is 5.82 Å². The monoisotopic (exact) mass is 498 g/mol. The number of fused-ring (bicyclic) bond motifs is 1. The lowest BCUT2D eigenvalue weighted by atomic mass is 9.95. The molecule has 0 bridgehead atoms. The smallest absolute Gasteiger partial charge is 0.496 e. The first-order valence-corrected chi connectivity index (χ1v) is 12.2. The second-order valence-corrected chi connectivity index (χ2v) is 9.10. The fourth-order valence-electron chi connectivity index (χ4n) is 5.20. The Labute approximate surface area is 208 Å². The highest BCUT2D eigenvalue weighted by Gasteiger charge is 2.30. The number of carbonyl (C=O) groups is 2. The lowest BCUT2D eigenvalue weighted by Crippen LogP contribution is -2.36. The maximum Gasteiger partial charge on any atom is 0.503 e. The second-order valence-electron chi connectivity index (χ2n) is 9.10. The summed E-state index contributed by atoms with van der Waals surface area (Å²) in [6, 6.07) is 8.98. The van der Waals surface area contributed by atoms with Gasteiger partial charge in [0.1, 0.15) is 11.6 Å². The summed E-state index contributed by atoms with van der Waals surface area (Å²) < 4.78 is 21.3. The van der Waals surface area contributed by atoms with Crippen molar-refractivity contribution in [2.45, 2.75) is 57.0 Å². The van der Waals surface area contributed by atoms with E-state index in [1.54, 1.807) is 30.0 Å². The minimum absolute atomic E-state index is 0.0190. The van der Waals surface area contributed by atoms with Crippen LogP contribution in [-0.4, -0.2) is 51.6 Å². The summed E-state index contributed by atoms with van der Waals surface area (Å²) >= 11 is 0. The molecule has 192 valence electrons. The highest BCUT2D eigenvalue weighted by atomic mass is 19.1. The average molecular weight is 499 g/mol. The highest BCUT2D eigenvalue weighted by Crippen LogP contribution is 2.40. The molecule has 3 aromatic rings. The molecular weight excluding hydrogens is 467 g/mol. The van der Waals surface area contributed by atoms with Crippen LogP contribution in [0.2, 0.25) is 0 Å². The number of nitrogens with zero attached hydrogens (tertiary/aromatic N) is 3. The fourth-order valence-corrected chi connectivity index (χ4v) is 5.20. The van der Waals surface area contributed by atoms with Crippen molar-refractivity contribution in [2.75, 3.05) is 18.6 Å². The van der Waals surface area contributed by atoms with Gasteiger partial charge < -0.3 is 25.2 Å². The van der Waals surface area contributed by atoms with E-state index in [9.17, 15) is 9.18 Å². The Kier molecular flexibility index (Phi) is 7.92. The van der Waals surface area contributed by atoms with Crippen LogP contribution in [0.15, 0.2) is 42.7 Å². The molecule has 1 atom stereocenters. The molecule has 1 aliphatic heterocycles. The molecule has 10 heteroatoms. The number of nitrogens with one attached hydrogen (secondary N) is 1. The van der Waals surface area contributed by atoms with Crippen molar-refractivity contribution >= 4 is 23.3 Å². The number of ether oxygens (including phenoxy) is 1. The second kappa shape index (κ2) is 11.3. The number of hydrogen-bond acceptors (Lipinski definition) is 5. The minimum atomic E-state index is -1.83. The summed E-state index contributed by atoms with van der Waals surface area (Å²) in [6.07, 6.45) is 9.30. The highest BCUT2D eigenvalue weighted by molar-refractivity contribution is 6.01. The van der Waals surface area contributed by atoms with E-state index >= 15 is 0 Å². The Morgan fingerprint density at radius 3 is 2.56 bits per heavy atom. The zero-order valence-electron chi connectivity index (χ0n) is 20.2. The molecule has 2 fully saturated rings. The molecular formula is C26H31FN4O5. The Hall–Kier alpha value is -3.82. The number of pyridine rings is 1. The molecule has 0 unspecified atom stereocenters. The van der Waals surface area contributed by atoms with Gasteiger partial charge in [0, 0.05) is 30.0 Å². The van der Waals surface area contributed by atoms with Crippen LogP contribution in [0.5, 0.6) is 5.75 Å². The molecule has 5 rings (SSSR count). The van der Waals surface area contributed by atoms with Crippen LogP contribution in [-0.2, 0) is 0 Å². The molecule has 2 aromatic heterocycles. The zero-order valence-corrected chi connectivity index (χ0v) is 20.2. The Morgan fingerprint density at radius 2 is 1.83 bits per heavy atom. The van der Waals surface area contributed by atoms with Crippen molar-refractivity contribution in [3.63, 3.8) is 0 Å². The maximum atomic E-state index is 14.0. The Bertz CT molecular complexity index is 1220. The lowest BCUT2D eigenvalue weighted by molar-refractivity contribution is 0.0929. The predicted octanol–water partition coefficient (Wildman–Crippen LogP) is 5.11. The van der Waals surface area contributed by atoms with E-state index in [0.717, 1.165) is 49.0 Å². The van der Waals surface area contributed by atoms with Crippen LogP contribution in [0.3, 0.4) is 0 Å². The number of benzene rings is 1. The van der Waals surface area contributed by atoms with Gasteiger partial charge in [-0.15, -0.1) is 0 Å². The van der Waals surface area contributed by atoms with Crippen molar-refractivity contribution < 1.29 is 28.9 Å². The molecule has 0 spiro atoms. The molecule has 3 heterocycles. The first-order valence-electron chi connectivity index (χ1n) is 12.2. The summed E-state index contributed by atoms with van der Waals surface area (Å²) in [5.74, 6) is 0.371. The topological polar surface area (TPSA) is 116 Å². The number of amides is 1. The van der Waals surface area contributed by atoms with Crippen molar-refractivity contribution in [2.24, 2.45) is 0 Å². The predicted molar refractivity (Wildman–Crippen MR) is 132 cm³/mol. The molecule has 1 aromatic carbocycles. The maximum absolute atomic E-state index is 14.0. The molecule has 1 aliphatic carbocycles. The van der Waals surface area contributed by atoms with Gasteiger partial charge in [-0.05, 0) is 56.0 Å². The SMILES string of the molecule is COc1ccc(F)cc1[C@H]1CCCN1c1ccn2ncc(C(=O)NC3CCCCC3)c2c1.O=C(O)O. The normalized spacial score (nSPS) is 17.9. The van der Waals surface area contributed by atoms with Crippen molar-refractivity contribution in [1.82, 2.24) is 14.9 Å². The third kappa shape index (κ3) is 5.69. The number of anilines is 1. The molecule has 36 heavy (non-hydrogen) atoms. The van der Waals surface area contributed by atoms with Gasteiger partial charge in [-0.2, -0.15) is 5.10 Å². The van der Waals surface area contributed by atoms with Gasteiger partial charge in [0.05, 0.1) is 30.4 Å². The quantitative estimate of drug-likeness (QED) is 0.448. The number of rotatable bonds is 5. The van der Waals surface area contributed by atoms with Crippen LogP contribution >= 0.6 is 0 Å². The van der Waals surface area contributed by atoms with E-state index in [-0.39, 0.29) is 23.8 Å². The molecule has 1 saturated heterocycles. The van der Waals surface area contributed by atoms with Crippen LogP contribution in [0.4, 0.5) is 14.9 Å². The summed E-state index contributed by atoms with van der Waals surface area (Å²) in [6.45, 7) is 0.859. The van der Waals surface area contributed by atoms with Crippen LogP contribution < -0.4 is 15.0 Å². The molecule has 1 amide bonds. The largest absolute Gasteiger partial charge is 0.503 e. The number of carboxylic acid groups (broad SMARTS) is 2. The van der Waals surface area contributed by atoms with E-state index < -0.39 is 6.16 Å².